The number of primary amides is 1. The van der Waals surface area contributed by atoms with Crippen molar-refractivity contribution in [2.75, 3.05) is 0 Å². The van der Waals surface area contributed by atoms with Gasteiger partial charge in [0.2, 0.25) is 5.91 Å². The number of nitrogens with two attached hydrogens (primary N) is 1. The lowest BCUT2D eigenvalue weighted by Crippen LogP contribution is -2.29. The highest BCUT2D eigenvalue weighted by molar-refractivity contribution is 6.58. The Balaban J connectivity index is 0.000000362. The molecule has 0 radical (unpaired) electrons. The lowest BCUT2D eigenvalue weighted by Gasteiger charge is -1.98. The van der Waals surface area contributed by atoms with Crippen molar-refractivity contribution >= 4 is 24.6 Å². The van der Waals surface area contributed by atoms with Crippen LogP contribution in [0.5, 0.6) is 0 Å². The van der Waals surface area contributed by atoms with Gasteiger partial charge in [-0.1, -0.05) is 56.8 Å². The SMILES string of the molecule is C=C(CCC)C(N)=O.C=Cc1ccc(B(O)O)cc1. The van der Waals surface area contributed by atoms with E-state index in [0.29, 0.717) is 11.0 Å². The van der Waals surface area contributed by atoms with E-state index < -0.39 is 7.12 Å². The number of carbonyl (C=O) groups excluding carboxylic acids is 1. The molecule has 0 aliphatic rings. The summed E-state index contributed by atoms with van der Waals surface area (Å²) in [5.41, 5.74) is 6.87. The van der Waals surface area contributed by atoms with Gasteiger partial charge in [0.05, 0.1) is 0 Å². The molecule has 0 saturated heterocycles. The Kier molecular flexibility index (Phi) is 8.25. The zero-order chi connectivity index (χ0) is 14.8. The van der Waals surface area contributed by atoms with Gasteiger partial charge in [0.15, 0.2) is 0 Å². The monoisotopic (exact) mass is 261 g/mol. The van der Waals surface area contributed by atoms with Gasteiger partial charge in [-0.15, -0.1) is 0 Å². The number of benzene rings is 1. The second kappa shape index (κ2) is 9.13. The van der Waals surface area contributed by atoms with Crippen molar-refractivity contribution in [2.24, 2.45) is 5.73 Å². The topological polar surface area (TPSA) is 83.6 Å². The van der Waals surface area contributed by atoms with E-state index in [4.69, 9.17) is 15.8 Å². The Labute approximate surface area is 114 Å². The number of rotatable bonds is 5. The minimum Gasteiger partial charge on any atom is -0.423 e. The molecular formula is C14H20BNO3. The first-order valence-corrected chi connectivity index (χ1v) is 5.98. The van der Waals surface area contributed by atoms with Crippen molar-refractivity contribution in [3.63, 3.8) is 0 Å². The molecule has 0 bridgehead atoms. The van der Waals surface area contributed by atoms with Gasteiger partial charge in [0.25, 0.3) is 0 Å². The van der Waals surface area contributed by atoms with E-state index in [2.05, 4.69) is 13.2 Å². The highest BCUT2D eigenvalue weighted by Gasteiger charge is 2.08. The molecule has 1 rings (SSSR count). The van der Waals surface area contributed by atoms with Crippen molar-refractivity contribution < 1.29 is 14.8 Å². The van der Waals surface area contributed by atoms with Crippen LogP contribution < -0.4 is 11.2 Å². The summed E-state index contributed by atoms with van der Waals surface area (Å²) < 4.78 is 0. The number of hydrogen-bond donors (Lipinski definition) is 3. The second-order valence-electron chi connectivity index (χ2n) is 3.96. The fraction of sp³-hybridized carbons (Fsp3) is 0.214. The minimum atomic E-state index is -1.38. The molecule has 1 amide bonds. The van der Waals surface area contributed by atoms with Crippen molar-refractivity contribution in [3.05, 3.63) is 48.6 Å². The third kappa shape index (κ3) is 7.23. The predicted molar refractivity (Wildman–Crippen MR) is 79.6 cm³/mol. The van der Waals surface area contributed by atoms with Crippen LogP contribution in [0.15, 0.2) is 43.0 Å². The van der Waals surface area contributed by atoms with E-state index >= 15 is 0 Å². The molecule has 1 aromatic rings. The minimum absolute atomic E-state index is 0.383. The summed E-state index contributed by atoms with van der Waals surface area (Å²) in [4.78, 5) is 10.2. The van der Waals surface area contributed by atoms with Crippen molar-refractivity contribution in [2.45, 2.75) is 19.8 Å². The van der Waals surface area contributed by atoms with Crippen LogP contribution >= 0.6 is 0 Å². The van der Waals surface area contributed by atoms with Crippen LogP contribution in [0.1, 0.15) is 25.3 Å². The lowest BCUT2D eigenvalue weighted by molar-refractivity contribution is -0.114. The highest BCUT2D eigenvalue weighted by atomic mass is 16.4. The maximum atomic E-state index is 10.2. The number of hydrogen-bond acceptors (Lipinski definition) is 3. The number of carbonyl (C=O) groups is 1. The Hall–Kier alpha value is -1.85. The molecule has 0 atom stereocenters. The standard InChI is InChI=1S/C8H9BO2.C6H11NO/c1-2-7-3-5-8(6-4-7)9(10)11;1-3-4-5(2)6(7)8/h2-6,10-11H,1H2;2-4H2,1H3,(H2,7,8). The molecule has 4 N–H and O–H groups in total. The van der Waals surface area contributed by atoms with Gasteiger partial charge in [-0.3, -0.25) is 4.79 Å². The van der Waals surface area contributed by atoms with Crippen molar-refractivity contribution in [1.82, 2.24) is 0 Å². The van der Waals surface area contributed by atoms with Crippen LogP contribution in [0.3, 0.4) is 0 Å². The van der Waals surface area contributed by atoms with Gasteiger partial charge in [0.1, 0.15) is 0 Å². The molecule has 0 fully saturated rings. The summed E-state index contributed by atoms with van der Waals surface area (Å²) in [7, 11) is -1.38. The molecule has 4 nitrogen and oxygen atoms in total. The molecular weight excluding hydrogens is 241 g/mol. The first-order valence-electron chi connectivity index (χ1n) is 5.98. The Morgan fingerprint density at radius 3 is 2.16 bits per heavy atom. The smallest absolute Gasteiger partial charge is 0.423 e. The fourth-order valence-electron chi connectivity index (χ4n) is 1.23. The average molecular weight is 261 g/mol. The summed E-state index contributed by atoms with van der Waals surface area (Å²) in [5.74, 6) is -0.383. The zero-order valence-electron chi connectivity index (χ0n) is 11.2. The van der Waals surface area contributed by atoms with Crippen LogP contribution in [0.2, 0.25) is 0 Å². The van der Waals surface area contributed by atoms with E-state index in [9.17, 15) is 4.79 Å². The zero-order valence-corrected chi connectivity index (χ0v) is 11.2. The third-order valence-electron chi connectivity index (χ3n) is 2.37. The first-order chi connectivity index (χ1) is 8.92. The molecule has 0 aromatic heterocycles. The number of amides is 1. The Bertz CT molecular complexity index is 427. The summed E-state index contributed by atoms with van der Waals surface area (Å²) in [6.07, 6.45) is 3.35. The van der Waals surface area contributed by atoms with E-state index in [1.165, 1.54) is 0 Å². The van der Waals surface area contributed by atoms with Gasteiger partial charge in [-0.2, -0.15) is 0 Å². The molecule has 1 aromatic carbocycles. The lowest BCUT2D eigenvalue weighted by atomic mass is 9.80. The van der Waals surface area contributed by atoms with Crippen molar-refractivity contribution in [3.8, 4) is 0 Å². The third-order valence-corrected chi connectivity index (χ3v) is 2.37. The van der Waals surface area contributed by atoms with Gasteiger partial charge < -0.3 is 15.8 Å². The second-order valence-corrected chi connectivity index (χ2v) is 3.96. The van der Waals surface area contributed by atoms with Gasteiger partial charge in [-0.05, 0) is 17.4 Å². The van der Waals surface area contributed by atoms with E-state index in [1.807, 2.05) is 6.92 Å². The van der Waals surface area contributed by atoms with Gasteiger partial charge >= 0.3 is 7.12 Å². The Morgan fingerprint density at radius 2 is 1.89 bits per heavy atom. The molecule has 0 aliphatic carbocycles. The maximum Gasteiger partial charge on any atom is 0.488 e. The van der Waals surface area contributed by atoms with Crippen LogP contribution in [0.25, 0.3) is 6.08 Å². The maximum absolute atomic E-state index is 10.2. The molecule has 5 heteroatoms. The van der Waals surface area contributed by atoms with Crippen molar-refractivity contribution in [1.29, 1.82) is 0 Å². The molecule has 19 heavy (non-hydrogen) atoms. The summed E-state index contributed by atoms with van der Waals surface area (Å²) in [6, 6.07) is 6.87. The highest BCUT2D eigenvalue weighted by Crippen LogP contribution is 1.98. The van der Waals surface area contributed by atoms with Gasteiger partial charge in [-0.25, -0.2) is 0 Å². The fourth-order valence-corrected chi connectivity index (χ4v) is 1.23. The normalized spacial score (nSPS) is 9.00. The molecule has 0 heterocycles. The molecule has 0 spiro atoms. The summed E-state index contributed by atoms with van der Waals surface area (Å²) >= 11 is 0. The van der Waals surface area contributed by atoms with Gasteiger partial charge in [0, 0.05) is 5.57 Å². The van der Waals surface area contributed by atoms with Crippen LogP contribution in [0, 0.1) is 0 Å². The molecule has 0 aliphatic heterocycles. The first kappa shape index (κ1) is 17.2. The van der Waals surface area contributed by atoms with E-state index in [0.717, 1.165) is 18.4 Å². The Morgan fingerprint density at radius 1 is 1.37 bits per heavy atom. The molecule has 0 saturated carbocycles. The largest absolute Gasteiger partial charge is 0.488 e. The van der Waals surface area contributed by atoms with Crippen LogP contribution in [-0.2, 0) is 4.79 Å². The van der Waals surface area contributed by atoms with E-state index in [1.54, 1.807) is 30.3 Å². The summed E-state index contributed by atoms with van der Waals surface area (Å²) in [5, 5.41) is 17.4. The quantitative estimate of drug-likeness (QED) is 0.542. The van der Waals surface area contributed by atoms with E-state index in [-0.39, 0.29) is 5.91 Å². The average Bonchev–Trinajstić information content (AvgIpc) is 2.39. The van der Waals surface area contributed by atoms with Crippen LogP contribution in [-0.4, -0.2) is 23.1 Å². The molecule has 0 unspecified atom stereocenters. The van der Waals surface area contributed by atoms with Crippen LogP contribution in [0.4, 0.5) is 0 Å². The molecule has 102 valence electrons. The predicted octanol–water partition coefficient (Wildman–Crippen LogP) is 0.837. The summed E-state index contributed by atoms with van der Waals surface area (Å²) in [6.45, 7) is 9.03.